The van der Waals surface area contributed by atoms with Gasteiger partial charge in [-0.2, -0.15) is 13.2 Å². The summed E-state index contributed by atoms with van der Waals surface area (Å²) in [6.45, 7) is 0.679. The number of halogens is 4. The van der Waals surface area contributed by atoms with Crippen molar-refractivity contribution in [2.45, 2.75) is 18.7 Å². The molecule has 0 radical (unpaired) electrons. The van der Waals surface area contributed by atoms with E-state index < -0.39 is 40.7 Å². The third-order valence-electron chi connectivity index (χ3n) is 6.19. The summed E-state index contributed by atoms with van der Waals surface area (Å²) in [7, 11) is 2.50. The predicted molar refractivity (Wildman–Crippen MR) is 138 cm³/mol. The number of hydrogen-bond acceptors (Lipinski definition) is 9. The SMILES string of the molecule is COC(=O)C(C(=O)c1nccnc1OCc1ccc(OC)cc1)c1cc(Cl)cc(N2CCOCC2)c1C(F)(F)F. The second-order valence-corrected chi connectivity index (χ2v) is 9.09. The van der Waals surface area contributed by atoms with Gasteiger partial charge in [0, 0.05) is 30.5 Å². The Morgan fingerprint density at radius 2 is 1.75 bits per heavy atom. The normalized spacial score (nSPS) is 14.4. The standard InChI is InChI=1S/C27H25ClF3N3O6/c1-37-18-5-3-16(4-6-18)15-40-25-23(32-7-8-33-25)24(35)21(26(36)38-2)19-13-17(28)14-20(22(19)27(29,30)31)34-9-11-39-12-10-34/h3-8,13-14,21H,9-12,15H2,1-2H3. The second-order valence-electron chi connectivity index (χ2n) is 8.65. The molecule has 1 saturated heterocycles. The van der Waals surface area contributed by atoms with E-state index in [-0.39, 0.29) is 49.5 Å². The molecular formula is C27H25ClF3N3O6. The number of ether oxygens (including phenoxy) is 4. The molecule has 1 unspecified atom stereocenters. The molecule has 9 nitrogen and oxygen atoms in total. The first-order valence-corrected chi connectivity index (χ1v) is 12.4. The maximum Gasteiger partial charge on any atom is 0.418 e. The average molecular weight is 580 g/mol. The summed E-state index contributed by atoms with van der Waals surface area (Å²) in [5.41, 5.74) is -1.85. The van der Waals surface area contributed by atoms with Gasteiger partial charge in [-0.3, -0.25) is 9.59 Å². The Hall–Kier alpha value is -3.90. The number of Topliss-reactive ketones (excluding diaryl/α,β-unsaturated/α-hetero) is 1. The van der Waals surface area contributed by atoms with Gasteiger partial charge in [0.05, 0.1) is 38.7 Å². The minimum absolute atomic E-state index is 0.0436. The number of carbonyl (C=O) groups excluding carboxylic acids is 2. The quantitative estimate of drug-likeness (QED) is 0.203. The minimum Gasteiger partial charge on any atom is -0.497 e. The number of morpholine rings is 1. The molecule has 0 amide bonds. The molecule has 1 aliphatic rings. The number of esters is 1. The molecule has 1 aliphatic heterocycles. The summed E-state index contributed by atoms with van der Waals surface area (Å²) >= 11 is 6.25. The number of ketones is 1. The smallest absolute Gasteiger partial charge is 0.418 e. The molecule has 2 aromatic carbocycles. The lowest BCUT2D eigenvalue weighted by atomic mass is 9.87. The van der Waals surface area contributed by atoms with Crippen LogP contribution in [0.1, 0.15) is 33.1 Å². The molecule has 212 valence electrons. The number of nitrogens with zero attached hydrogens (tertiary/aromatic N) is 3. The van der Waals surface area contributed by atoms with Crippen LogP contribution >= 0.6 is 11.6 Å². The van der Waals surface area contributed by atoms with Crippen molar-refractivity contribution in [3.05, 3.63) is 76.2 Å². The Kier molecular flexibility index (Phi) is 9.10. The van der Waals surface area contributed by atoms with Crippen molar-refractivity contribution >= 4 is 29.0 Å². The van der Waals surface area contributed by atoms with Gasteiger partial charge < -0.3 is 23.8 Å². The molecule has 0 N–H and O–H groups in total. The highest BCUT2D eigenvalue weighted by molar-refractivity contribution is 6.31. The minimum atomic E-state index is -4.95. The zero-order valence-electron chi connectivity index (χ0n) is 21.5. The molecule has 2 heterocycles. The van der Waals surface area contributed by atoms with Crippen LogP contribution in [0.3, 0.4) is 0 Å². The number of anilines is 1. The van der Waals surface area contributed by atoms with E-state index >= 15 is 0 Å². The van der Waals surface area contributed by atoms with Crippen LogP contribution in [0.2, 0.25) is 5.02 Å². The molecular weight excluding hydrogens is 555 g/mol. The Balaban J connectivity index is 1.77. The van der Waals surface area contributed by atoms with E-state index in [2.05, 4.69) is 9.97 Å². The van der Waals surface area contributed by atoms with Crippen LogP contribution in [0.15, 0.2) is 48.8 Å². The van der Waals surface area contributed by atoms with Crippen LogP contribution in [0.25, 0.3) is 0 Å². The van der Waals surface area contributed by atoms with Crippen LogP contribution in [-0.2, 0) is 27.1 Å². The van der Waals surface area contributed by atoms with Crippen molar-refractivity contribution in [1.29, 1.82) is 0 Å². The molecule has 40 heavy (non-hydrogen) atoms. The van der Waals surface area contributed by atoms with Gasteiger partial charge >= 0.3 is 12.1 Å². The van der Waals surface area contributed by atoms with E-state index in [9.17, 15) is 22.8 Å². The van der Waals surface area contributed by atoms with Gasteiger partial charge in [-0.1, -0.05) is 23.7 Å². The predicted octanol–water partition coefficient (Wildman–Crippen LogP) is 4.71. The van der Waals surface area contributed by atoms with E-state index in [0.717, 1.165) is 19.2 Å². The van der Waals surface area contributed by atoms with Gasteiger partial charge in [0.25, 0.3) is 0 Å². The van der Waals surface area contributed by atoms with E-state index in [1.807, 2.05) is 0 Å². The van der Waals surface area contributed by atoms with Crippen molar-refractivity contribution in [3.63, 3.8) is 0 Å². The average Bonchev–Trinajstić information content (AvgIpc) is 2.96. The topological polar surface area (TPSA) is 100 Å². The molecule has 0 saturated carbocycles. The van der Waals surface area contributed by atoms with Crippen molar-refractivity contribution in [2.75, 3.05) is 45.4 Å². The molecule has 0 aliphatic carbocycles. The fourth-order valence-corrected chi connectivity index (χ4v) is 4.53. The Morgan fingerprint density at radius 3 is 2.38 bits per heavy atom. The summed E-state index contributed by atoms with van der Waals surface area (Å²) in [6.07, 6.45) is -2.52. The lowest BCUT2D eigenvalue weighted by Gasteiger charge is -2.32. The van der Waals surface area contributed by atoms with Crippen LogP contribution < -0.4 is 14.4 Å². The van der Waals surface area contributed by atoms with Gasteiger partial charge in [-0.05, 0) is 35.4 Å². The maximum atomic E-state index is 14.6. The number of carbonyl (C=O) groups is 2. The number of methoxy groups -OCH3 is 2. The molecule has 1 aromatic heterocycles. The van der Waals surface area contributed by atoms with Gasteiger partial charge in [-0.15, -0.1) is 0 Å². The fraction of sp³-hybridized carbons (Fsp3) is 0.333. The maximum absolute atomic E-state index is 14.6. The number of hydrogen-bond donors (Lipinski definition) is 0. The zero-order valence-corrected chi connectivity index (χ0v) is 22.3. The van der Waals surface area contributed by atoms with E-state index in [0.29, 0.717) is 11.3 Å². The van der Waals surface area contributed by atoms with Crippen molar-refractivity contribution in [1.82, 2.24) is 9.97 Å². The third kappa shape index (κ3) is 6.45. The van der Waals surface area contributed by atoms with Crippen LogP contribution in [0.5, 0.6) is 11.6 Å². The fourth-order valence-electron chi connectivity index (χ4n) is 4.31. The summed E-state index contributed by atoms with van der Waals surface area (Å²) in [5, 5.41) is -0.0960. The Labute approximate surface area is 232 Å². The van der Waals surface area contributed by atoms with Gasteiger partial charge in [0.1, 0.15) is 18.3 Å². The van der Waals surface area contributed by atoms with Crippen LogP contribution in [-0.4, -0.2) is 62.2 Å². The first-order chi connectivity index (χ1) is 19.1. The van der Waals surface area contributed by atoms with Crippen molar-refractivity contribution in [3.8, 4) is 11.6 Å². The van der Waals surface area contributed by atoms with E-state index in [1.54, 1.807) is 24.3 Å². The van der Waals surface area contributed by atoms with Crippen molar-refractivity contribution < 1.29 is 41.7 Å². The number of benzene rings is 2. The lowest BCUT2D eigenvalue weighted by molar-refractivity contribution is -0.142. The monoisotopic (exact) mass is 579 g/mol. The zero-order chi connectivity index (χ0) is 28.9. The molecule has 3 aromatic rings. The number of alkyl halides is 3. The molecule has 1 fully saturated rings. The third-order valence-corrected chi connectivity index (χ3v) is 6.41. The summed E-state index contributed by atoms with van der Waals surface area (Å²) in [5.74, 6) is -4.01. The number of aromatic nitrogens is 2. The highest BCUT2D eigenvalue weighted by Crippen LogP contribution is 2.44. The highest BCUT2D eigenvalue weighted by Gasteiger charge is 2.44. The van der Waals surface area contributed by atoms with Crippen LogP contribution in [0, 0.1) is 0 Å². The summed E-state index contributed by atoms with van der Waals surface area (Å²) in [6, 6.07) is 8.97. The molecule has 0 spiro atoms. The Bertz CT molecular complexity index is 1360. The number of rotatable bonds is 9. The molecule has 13 heteroatoms. The first-order valence-electron chi connectivity index (χ1n) is 12.1. The van der Waals surface area contributed by atoms with Crippen molar-refractivity contribution in [2.24, 2.45) is 0 Å². The molecule has 0 bridgehead atoms. The van der Waals surface area contributed by atoms with Gasteiger partial charge in [0.2, 0.25) is 11.7 Å². The molecule has 1 atom stereocenters. The highest BCUT2D eigenvalue weighted by atomic mass is 35.5. The van der Waals surface area contributed by atoms with Gasteiger partial charge in [-0.25, -0.2) is 9.97 Å². The van der Waals surface area contributed by atoms with E-state index in [4.69, 9.17) is 30.5 Å². The van der Waals surface area contributed by atoms with E-state index in [1.165, 1.54) is 24.4 Å². The summed E-state index contributed by atoms with van der Waals surface area (Å²) < 4.78 is 64.7. The Morgan fingerprint density at radius 1 is 1.07 bits per heavy atom. The first kappa shape index (κ1) is 29.1. The lowest BCUT2D eigenvalue weighted by Crippen LogP contribution is -2.38. The largest absolute Gasteiger partial charge is 0.497 e. The van der Waals surface area contributed by atoms with Gasteiger partial charge in [0.15, 0.2) is 5.69 Å². The van der Waals surface area contributed by atoms with Crippen LogP contribution in [0.4, 0.5) is 18.9 Å². The molecule has 4 rings (SSSR count). The second kappa shape index (κ2) is 12.5. The summed E-state index contributed by atoms with van der Waals surface area (Å²) in [4.78, 5) is 36.3.